The highest BCUT2D eigenvalue weighted by Crippen LogP contribution is 2.18. The molecular formula is C17H14N4O4S. The van der Waals surface area contributed by atoms with Gasteiger partial charge in [0.15, 0.2) is 10.9 Å². The number of furan rings is 1. The van der Waals surface area contributed by atoms with Crippen LogP contribution in [0.15, 0.2) is 52.5 Å². The molecule has 3 rings (SSSR count). The molecule has 0 aliphatic carbocycles. The van der Waals surface area contributed by atoms with Gasteiger partial charge < -0.3 is 15.5 Å². The largest absolute Gasteiger partial charge is 0.459 e. The highest BCUT2D eigenvalue weighted by Gasteiger charge is 2.12. The van der Waals surface area contributed by atoms with Crippen molar-refractivity contribution < 1.29 is 18.8 Å². The third-order valence-corrected chi connectivity index (χ3v) is 4.08. The number of amides is 3. The number of nitrogens with zero attached hydrogens (tertiary/aromatic N) is 1. The van der Waals surface area contributed by atoms with E-state index in [1.165, 1.54) is 17.6 Å². The molecule has 0 saturated carbocycles. The molecule has 9 heteroatoms. The number of hydrogen-bond donors (Lipinski definition) is 3. The zero-order valence-corrected chi connectivity index (χ0v) is 14.2. The van der Waals surface area contributed by atoms with E-state index in [-0.39, 0.29) is 24.0 Å². The van der Waals surface area contributed by atoms with Gasteiger partial charge in [-0.05, 0) is 36.4 Å². The predicted octanol–water partition coefficient (Wildman–Crippen LogP) is 2.27. The molecule has 0 aliphatic rings. The smallest absolute Gasteiger partial charge is 0.291 e. The summed E-state index contributed by atoms with van der Waals surface area (Å²) in [6.07, 6.45) is 1.44. The van der Waals surface area contributed by atoms with Crippen LogP contribution < -0.4 is 16.4 Å². The normalized spacial score (nSPS) is 10.3. The van der Waals surface area contributed by atoms with Crippen molar-refractivity contribution in [2.75, 3.05) is 10.6 Å². The van der Waals surface area contributed by atoms with Gasteiger partial charge >= 0.3 is 0 Å². The van der Waals surface area contributed by atoms with E-state index in [2.05, 4.69) is 15.6 Å². The van der Waals surface area contributed by atoms with Crippen molar-refractivity contribution in [1.82, 2.24) is 4.98 Å². The topological polar surface area (TPSA) is 127 Å². The zero-order chi connectivity index (χ0) is 18.5. The number of carbonyl (C=O) groups is 3. The molecule has 2 aromatic heterocycles. The summed E-state index contributed by atoms with van der Waals surface area (Å²) in [6, 6.07) is 9.54. The Morgan fingerprint density at radius 3 is 2.50 bits per heavy atom. The summed E-state index contributed by atoms with van der Waals surface area (Å²) < 4.78 is 5.01. The van der Waals surface area contributed by atoms with E-state index in [0.717, 1.165) is 0 Å². The Kier molecular flexibility index (Phi) is 5.09. The quantitative estimate of drug-likeness (QED) is 0.613. The number of rotatable bonds is 6. The van der Waals surface area contributed by atoms with Crippen LogP contribution in [0.25, 0.3) is 0 Å². The number of anilines is 2. The molecule has 0 radical (unpaired) electrons. The van der Waals surface area contributed by atoms with Crippen molar-refractivity contribution in [3.63, 3.8) is 0 Å². The highest BCUT2D eigenvalue weighted by molar-refractivity contribution is 7.14. The summed E-state index contributed by atoms with van der Waals surface area (Å²) >= 11 is 1.21. The molecule has 132 valence electrons. The summed E-state index contributed by atoms with van der Waals surface area (Å²) in [5, 5.41) is 7.35. The molecule has 0 aliphatic heterocycles. The molecule has 0 fully saturated rings. The Balaban J connectivity index is 1.60. The molecule has 4 N–H and O–H groups in total. The summed E-state index contributed by atoms with van der Waals surface area (Å²) in [6.45, 7) is 0. The molecule has 26 heavy (non-hydrogen) atoms. The van der Waals surface area contributed by atoms with Crippen LogP contribution in [-0.2, 0) is 11.2 Å². The highest BCUT2D eigenvalue weighted by atomic mass is 32.1. The van der Waals surface area contributed by atoms with E-state index < -0.39 is 5.91 Å². The Bertz CT molecular complexity index is 932. The van der Waals surface area contributed by atoms with Crippen LogP contribution in [0.2, 0.25) is 0 Å². The SMILES string of the molecule is NC(=O)Cc1csc(NC(=O)c2ccc(NC(=O)c3ccco3)cc2)n1. The monoisotopic (exact) mass is 370 g/mol. The van der Waals surface area contributed by atoms with Gasteiger partial charge in [-0.15, -0.1) is 11.3 Å². The summed E-state index contributed by atoms with van der Waals surface area (Å²) in [5.41, 5.74) is 6.54. The van der Waals surface area contributed by atoms with Crippen LogP contribution in [0, 0.1) is 0 Å². The number of thiazole rings is 1. The second kappa shape index (κ2) is 7.62. The molecule has 8 nitrogen and oxygen atoms in total. The minimum absolute atomic E-state index is 0.0242. The van der Waals surface area contributed by atoms with Gasteiger partial charge in [-0.25, -0.2) is 4.98 Å². The first-order valence-electron chi connectivity index (χ1n) is 7.50. The summed E-state index contributed by atoms with van der Waals surface area (Å²) in [7, 11) is 0. The molecule has 2 heterocycles. The third-order valence-electron chi connectivity index (χ3n) is 3.28. The van der Waals surface area contributed by atoms with Crippen molar-refractivity contribution in [3.05, 3.63) is 65.1 Å². The van der Waals surface area contributed by atoms with Crippen LogP contribution in [0.5, 0.6) is 0 Å². The van der Waals surface area contributed by atoms with Gasteiger partial charge in [-0.3, -0.25) is 19.7 Å². The number of aromatic nitrogens is 1. The molecule has 0 atom stereocenters. The molecule has 3 aromatic rings. The fourth-order valence-electron chi connectivity index (χ4n) is 2.10. The second-order valence-electron chi connectivity index (χ2n) is 5.25. The van der Waals surface area contributed by atoms with Crippen LogP contribution in [-0.4, -0.2) is 22.7 Å². The fourth-order valence-corrected chi connectivity index (χ4v) is 2.80. The average molecular weight is 370 g/mol. The van der Waals surface area contributed by atoms with Crippen LogP contribution >= 0.6 is 11.3 Å². The van der Waals surface area contributed by atoms with E-state index in [9.17, 15) is 14.4 Å². The van der Waals surface area contributed by atoms with Crippen LogP contribution in [0.3, 0.4) is 0 Å². The number of primary amides is 1. The first-order valence-corrected chi connectivity index (χ1v) is 8.38. The minimum Gasteiger partial charge on any atom is -0.459 e. The maximum absolute atomic E-state index is 12.2. The standard InChI is InChI=1S/C17H14N4O4S/c18-14(22)8-12-9-26-17(20-12)21-15(23)10-3-5-11(6-4-10)19-16(24)13-2-1-7-25-13/h1-7,9H,8H2,(H2,18,22)(H,19,24)(H,20,21,23). The molecule has 0 saturated heterocycles. The Morgan fingerprint density at radius 1 is 1.08 bits per heavy atom. The van der Waals surface area contributed by atoms with E-state index in [1.807, 2.05) is 0 Å². The first kappa shape index (κ1) is 17.4. The molecule has 1 aromatic carbocycles. The van der Waals surface area contributed by atoms with E-state index in [1.54, 1.807) is 41.8 Å². The molecule has 0 spiro atoms. The lowest BCUT2D eigenvalue weighted by molar-refractivity contribution is -0.117. The fraction of sp³-hybridized carbons (Fsp3) is 0.0588. The van der Waals surface area contributed by atoms with Gasteiger partial charge in [0.05, 0.1) is 18.4 Å². The van der Waals surface area contributed by atoms with Gasteiger partial charge in [0, 0.05) is 16.6 Å². The Labute approximate surface area is 152 Å². The maximum Gasteiger partial charge on any atom is 0.291 e. The van der Waals surface area contributed by atoms with Gasteiger partial charge in [-0.2, -0.15) is 0 Å². The molecule has 0 bridgehead atoms. The van der Waals surface area contributed by atoms with Gasteiger partial charge in [0.2, 0.25) is 5.91 Å². The third kappa shape index (κ3) is 4.33. The van der Waals surface area contributed by atoms with Gasteiger partial charge in [0.1, 0.15) is 0 Å². The van der Waals surface area contributed by atoms with Crippen molar-refractivity contribution in [3.8, 4) is 0 Å². The van der Waals surface area contributed by atoms with Gasteiger partial charge in [0.25, 0.3) is 11.8 Å². The lowest BCUT2D eigenvalue weighted by Crippen LogP contribution is -2.15. The Hall–Kier alpha value is -3.46. The number of nitrogens with one attached hydrogen (secondary N) is 2. The van der Waals surface area contributed by atoms with Crippen molar-refractivity contribution in [2.24, 2.45) is 5.73 Å². The second-order valence-corrected chi connectivity index (χ2v) is 6.11. The van der Waals surface area contributed by atoms with E-state index >= 15 is 0 Å². The van der Waals surface area contributed by atoms with E-state index in [0.29, 0.717) is 22.1 Å². The van der Waals surface area contributed by atoms with E-state index in [4.69, 9.17) is 10.2 Å². The number of nitrogens with two attached hydrogens (primary N) is 1. The van der Waals surface area contributed by atoms with Crippen LogP contribution in [0.4, 0.5) is 10.8 Å². The number of carbonyl (C=O) groups excluding carboxylic acids is 3. The van der Waals surface area contributed by atoms with Crippen molar-refractivity contribution in [1.29, 1.82) is 0 Å². The average Bonchev–Trinajstić information content (AvgIpc) is 3.27. The van der Waals surface area contributed by atoms with Crippen molar-refractivity contribution in [2.45, 2.75) is 6.42 Å². The molecule has 0 unspecified atom stereocenters. The Morgan fingerprint density at radius 2 is 1.85 bits per heavy atom. The lowest BCUT2D eigenvalue weighted by atomic mass is 10.2. The predicted molar refractivity (Wildman–Crippen MR) is 96.1 cm³/mol. The number of hydrogen-bond acceptors (Lipinski definition) is 6. The first-order chi connectivity index (χ1) is 12.5. The van der Waals surface area contributed by atoms with Crippen molar-refractivity contribution >= 4 is 39.9 Å². The lowest BCUT2D eigenvalue weighted by Gasteiger charge is -2.05. The summed E-state index contributed by atoms with van der Waals surface area (Å²) in [4.78, 5) is 39.1. The summed E-state index contributed by atoms with van der Waals surface area (Å²) in [5.74, 6) is -1.02. The molecular weight excluding hydrogens is 356 g/mol. The van der Waals surface area contributed by atoms with Gasteiger partial charge in [-0.1, -0.05) is 0 Å². The maximum atomic E-state index is 12.2. The number of benzene rings is 1. The minimum atomic E-state index is -0.486. The molecule has 3 amide bonds. The zero-order valence-electron chi connectivity index (χ0n) is 13.4. The van der Waals surface area contributed by atoms with Crippen LogP contribution in [0.1, 0.15) is 26.6 Å².